The van der Waals surface area contributed by atoms with Crippen LogP contribution in [0.1, 0.15) is 18.0 Å². The summed E-state index contributed by atoms with van der Waals surface area (Å²) in [5.74, 6) is -1.46. The molecule has 2 aromatic heterocycles. The SMILES string of the molecule is CN1C(=O)C[C@@H](CNc2ncnc3cc(F)c(F)cc23)[C@@H]1c1cnn(C)c1. The number of hydrogen-bond donors (Lipinski definition) is 1. The molecular formula is C18H18F2N6O. The number of aryl methyl sites for hydroxylation is 1. The second-order valence-corrected chi connectivity index (χ2v) is 6.75. The Balaban J connectivity index is 1.60. The highest BCUT2D eigenvalue weighted by molar-refractivity contribution is 5.89. The predicted molar refractivity (Wildman–Crippen MR) is 94.8 cm³/mol. The Bertz CT molecular complexity index is 1020. The lowest BCUT2D eigenvalue weighted by molar-refractivity contribution is -0.127. The van der Waals surface area contributed by atoms with E-state index in [-0.39, 0.29) is 17.9 Å². The number of amides is 1. The van der Waals surface area contributed by atoms with Crippen LogP contribution in [0.3, 0.4) is 0 Å². The van der Waals surface area contributed by atoms with E-state index in [2.05, 4.69) is 20.4 Å². The van der Waals surface area contributed by atoms with E-state index >= 15 is 0 Å². The topological polar surface area (TPSA) is 75.9 Å². The lowest BCUT2D eigenvalue weighted by atomic mass is 9.95. The van der Waals surface area contributed by atoms with E-state index in [4.69, 9.17) is 0 Å². The first kappa shape index (κ1) is 17.3. The van der Waals surface area contributed by atoms with Crippen molar-refractivity contribution in [3.05, 3.63) is 48.1 Å². The van der Waals surface area contributed by atoms with Crippen molar-refractivity contribution in [2.45, 2.75) is 12.5 Å². The van der Waals surface area contributed by atoms with Crippen molar-refractivity contribution in [2.24, 2.45) is 13.0 Å². The van der Waals surface area contributed by atoms with Gasteiger partial charge in [-0.05, 0) is 6.07 Å². The number of carbonyl (C=O) groups excluding carboxylic acids is 1. The van der Waals surface area contributed by atoms with Crippen LogP contribution in [0.25, 0.3) is 10.9 Å². The standard InChI is InChI=1S/C18H18F2N6O/c1-25-8-11(7-24-25)17-10(3-16(27)26(17)2)6-21-18-12-4-13(19)14(20)5-15(12)22-9-23-18/h4-5,7-10,17H,3,6H2,1-2H3,(H,21,22,23)/t10-,17+/m0/s1. The summed E-state index contributed by atoms with van der Waals surface area (Å²) in [4.78, 5) is 22.1. The van der Waals surface area contributed by atoms with Crippen LogP contribution in [0, 0.1) is 17.6 Å². The van der Waals surface area contributed by atoms with Gasteiger partial charge in [0.2, 0.25) is 5.91 Å². The monoisotopic (exact) mass is 372 g/mol. The zero-order valence-electron chi connectivity index (χ0n) is 14.9. The molecule has 0 aliphatic carbocycles. The van der Waals surface area contributed by atoms with Gasteiger partial charge in [0.05, 0.1) is 17.8 Å². The van der Waals surface area contributed by atoms with Crippen molar-refractivity contribution >= 4 is 22.6 Å². The molecule has 0 bridgehead atoms. The second kappa shape index (κ2) is 6.57. The van der Waals surface area contributed by atoms with Crippen molar-refractivity contribution < 1.29 is 13.6 Å². The third kappa shape index (κ3) is 3.09. The van der Waals surface area contributed by atoms with Gasteiger partial charge in [-0.2, -0.15) is 5.10 Å². The number of nitrogens with zero attached hydrogens (tertiary/aromatic N) is 5. The number of rotatable bonds is 4. The third-order valence-electron chi connectivity index (χ3n) is 4.97. The zero-order valence-corrected chi connectivity index (χ0v) is 14.9. The Morgan fingerprint density at radius 2 is 2.00 bits per heavy atom. The number of aromatic nitrogens is 4. The Labute approximate surface area is 154 Å². The van der Waals surface area contributed by atoms with Gasteiger partial charge in [0.15, 0.2) is 11.6 Å². The van der Waals surface area contributed by atoms with Crippen LogP contribution in [-0.4, -0.2) is 44.1 Å². The van der Waals surface area contributed by atoms with Crippen LogP contribution in [0.5, 0.6) is 0 Å². The van der Waals surface area contributed by atoms with E-state index in [0.717, 1.165) is 17.7 Å². The number of nitrogens with one attached hydrogen (secondary N) is 1. The molecule has 1 N–H and O–H groups in total. The summed E-state index contributed by atoms with van der Waals surface area (Å²) in [5, 5.41) is 7.77. The van der Waals surface area contributed by atoms with Gasteiger partial charge < -0.3 is 10.2 Å². The molecule has 0 radical (unpaired) electrons. The van der Waals surface area contributed by atoms with Gasteiger partial charge >= 0.3 is 0 Å². The molecule has 0 spiro atoms. The molecule has 0 unspecified atom stereocenters. The van der Waals surface area contributed by atoms with Crippen molar-refractivity contribution in [2.75, 3.05) is 18.9 Å². The van der Waals surface area contributed by atoms with Gasteiger partial charge in [0, 0.05) is 56.2 Å². The molecule has 1 aliphatic rings. The molecule has 9 heteroatoms. The molecule has 4 rings (SSSR count). The van der Waals surface area contributed by atoms with Gasteiger partial charge in [0.1, 0.15) is 12.1 Å². The Morgan fingerprint density at radius 1 is 1.22 bits per heavy atom. The minimum atomic E-state index is -0.954. The number of carbonyl (C=O) groups is 1. The molecule has 1 fully saturated rings. The average molecular weight is 372 g/mol. The summed E-state index contributed by atoms with van der Waals surface area (Å²) >= 11 is 0. The number of benzene rings is 1. The van der Waals surface area contributed by atoms with E-state index in [1.807, 2.05) is 13.2 Å². The lowest BCUT2D eigenvalue weighted by Crippen LogP contribution is -2.26. The van der Waals surface area contributed by atoms with Crippen molar-refractivity contribution in [1.82, 2.24) is 24.6 Å². The molecule has 1 aliphatic heterocycles. The molecule has 1 amide bonds. The van der Waals surface area contributed by atoms with E-state index in [0.29, 0.717) is 29.7 Å². The van der Waals surface area contributed by atoms with Crippen LogP contribution in [0.4, 0.5) is 14.6 Å². The Hall–Kier alpha value is -3.10. The fourth-order valence-electron chi connectivity index (χ4n) is 3.64. The zero-order chi connectivity index (χ0) is 19.1. The molecule has 3 aromatic rings. The van der Waals surface area contributed by atoms with Crippen LogP contribution < -0.4 is 5.32 Å². The smallest absolute Gasteiger partial charge is 0.223 e. The molecule has 1 saturated heterocycles. The van der Waals surface area contributed by atoms with E-state index in [1.54, 1.807) is 22.8 Å². The van der Waals surface area contributed by atoms with Gasteiger partial charge in [-0.15, -0.1) is 0 Å². The van der Waals surface area contributed by atoms with Crippen molar-refractivity contribution in [3.8, 4) is 0 Å². The third-order valence-corrected chi connectivity index (χ3v) is 4.97. The quantitative estimate of drug-likeness (QED) is 0.760. The van der Waals surface area contributed by atoms with Gasteiger partial charge in [-0.3, -0.25) is 9.48 Å². The second-order valence-electron chi connectivity index (χ2n) is 6.75. The normalized spacial score (nSPS) is 19.9. The molecule has 2 atom stereocenters. The summed E-state index contributed by atoms with van der Waals surface area (Å²) in [6, 6.07) is 2.02. The highest BCUT2D eigenvalue weighted by atomic mass is 19.2. The molecule has 140 valence electrons. The maximum atomic E-state index is 13.6. The number of fused-ring (bicyclic) bond motifs is 1. The lowest BCUT2D eigenvalue weighted by Gasteiger charge is -2.24. The predicted octanol–water partition coefficient (Wildman–Crippen LogP) is 2.27. The summed E-state index contributed by atoms with van der Waals surface area (Å²) in [6.07, 6.45) is 5.33. The van der Waals surface area contributed by atoms with Crippen molar-refractivity contribution in [3.63, 3.8) is 0 Å². The summed E-state index contributed by atoms with van der Waals surface area (Å²) in [7, 11) is 3.60. The van der Waals surface area contributed by atoms with E-state index in [9.17, 15) is 13.6 Å². The first-order valence-electron chi connectivity index (χ1n) is 8.52. The highest BCUT2D eigenvalue weighted by Crippen LogP contribution is 2.37. The maximum absolute atomic E-state index is 13.6. The van der Waals surface area contributed by atoms with E-state index in [1.165, 1.54) is 6.33 Å². The Morgan fingerprint density at radius 3 is 2.74 bits per heavy atom. The molecule has 3 heterocycles. The molecule has 7 nitrogen and oxygen atoms in total. The Kier molecular flexibility index (Phi) is 4.21. The molecule has 0 saturated carbocycles. The molecule has 27 heavy (non-hydrogen) atoms. The summed E-state index contributed by atoms with van der Waals surface area (Å²) in [6.45, 7) is 0.445. The van der Waals surface area contributed by atoms with Crippen molar-refractivity contribution in [1.29, 1.82) is 0 Å². The maximum Gasteiger partial charge on any atom is 0.223 e. The molecular weight excluding hydrogens is 354 g/mol. The average Bonchev–Trinajstić information content (AvgIpc) is 3.17. The summed E-state index contributed by atoms with van der Waals surface area (Å²) < 4.78 is 28.8. The van der Waals surface area contributed by atoms with Crippen LogP contribution >= 0.6 is 0 Å². The van der Waals surface area contributed by atoms with Crippen LogP contribution in [0.15, 0.2) is 30.9 Å². The minimum absolute atomic E-state index is 0.0120. The number of hydrogen-bond acceptors (Lipinski definition) is 5. The fourth-order valence-corrected chi connectivity index (χ4v) is 3.64. The largest absolute Gasteiger partial charge is 0.369 e. The first-order valence-corrected chi connectivity index (χ1v) is 8.52. The highest BCUT2D eigenvalue weighted by Gasteiger charge is 2.39. The number of anilines is 1. The first-order chi connectivity index (χ1) is 12.9. The minimum Gasteiger partial charge on any atom is -0.369 e. The summed E-state index contributed by atoms with van der Waals surface area (Å²) in [5.41, 5.74) is 1.27. The fraction of sp³-hybridized carbons (Fsp3) is 0.333. The number of likely N-dealkylation sites (tertiary alicyclic amines) is 1. The molecule has 1 aromatic carbocycles. The van der Waals surface area contributed by atoms with Gasteiger partial charge in [0.25, 0.3) is 0 Å². The van der Waals surface area contributed by atoms with Gasteiger partial charge in [-0.25, -0.2) is 18.7 Å². The van der Waals surface area contributed by atoms with Crippen LogP contribution in [-0.2, 0) is 11.8 Å². The van der Waals surface area contributed by atoms with Gasteiger partial charge in [-0.1, -0.05) is 0 Å². The number of halogens is 2. The van der Waals surface area contributed by atoms with Crippen LogP contribution in [0.2, 0.25) is 0 Å². The van der Waals surface area contributed by atoms with E-state index < -0.39 is 11.6 Å².